The molecule has 2 amide bonds. The van der Waals surface area contributed by atoms with Gasteiger partial charge < -0.3 is 14.5 Å². The number of anilines is 1. The molecule has 0 aromatic heterocycles. The summed E-state index contributed by atoms with van der Waals surface area (Å²) in [7, 11) is -3.49. The highest BCUT2D eigenvalue weighted by atomic mass is 32.2. The van der Waals surface area contributed by atoms with Crippen molar-refractivity contribution in [1.29, 1.82) is 0 Å². The average molecular weight is 479 g/mol. The summed E-state index contributed by atoms with van der Waals surface area (Å²) in [6.45, 7) is 5.14. The van der Waals surface area contributed by atoms with Gasteiger partial charge in [0.1, 0.15) is 5.75 Å². The molecule has 0 saturated carbocycles. The Balaban J connectivity index is 1.36. The number of para-hydroxylation sites is 2. The Kier molecular flexibility index (Phi) is 7.55. The van der Waals surface area contributed by atoms with Gasteiger partial charge in [-0.15, -0.1) is 0 Å². The molecule has 0 radical (unpaired) electrons. The van der Waals surface area contributed by atoms with Gasteiger partial charge in [-0.2, -0.15) is 17.0 Å². The average Bonchev–Trinajstić information content (AvgIpc) is 3.01. The molecule has 1 aromatic rings. The molecule has 0 bridgehead atoms. The van der Waals surface area contributed by atoms with Crippen LogP contribution in [0.1, 0.15) is 39.0 Å². The van der Waals surface area contributed by atoms with Crippen molar-refractivity contribution in [1.82, 2.24) is 13.5 Å². The summed E-state index contributed by atoms with van der Waals surface area (Å²) in [5.74, 6) is 0.0316. The minimum atomic E-state index is -3.49. The van der Waals surface area contributed by atoms with Crippen LogP contribution in [-0.4, -0.2) is 86.2 Å². The first-order valence-corrected chi connectivity index (χ1v) is 13.4. The maximum Gasteiger partial charge on any atom is 0.282 e. The van der Waals surface area contributed by atoms with E-state index in [9.17, 15) is 18.0 Å². The standard InChI is InChI=1S/C23H34N4O5S/c1-2-32-21-10-6-5-9-20(21)27-18-19(17-22(27)28)23(29)24-13-15-26(16-14-24)33(30,31)25-11-7-3-4-8-12-25/h5-6,9-10,19H,2-4,7-8,11-18H2,1H3. The molecule has 182 valence electrons. The molecule has 33 heavy (non-hydrogen) atoms. The van der Waals surface area contributed by atoms with Crippen LogP contribution in [0.3, 0.4) is 0 Å². The number of benzene rings is 1. The van der Waals surface area contributed by atoms with Gasteiger partial charge in [-0.1, -0.05) is 25.0 Å². The van der Waals surface area contributed by atoms with Crippen molar-refractivity contribution in [2.45, 2.75) is 39.0 Å². The molecule has 0 aliphatic carbocycles. The monoisotopic (exact) mass is 478 g/mol. The van der Waals surface area contributed by atoms with Crippen LogP contribution < -0.4 is 9.64 Å². The molecule has 1 aromatic carbocycles. The van der Waals surface area contributed by atoms with E-state index in [0.717, 1.165) is 25.7 Å². The number of rotatable bonds is 6. The zero-order valence-electron chi connectivity index (χ0n) is 19.3. The molecule has 10 heteroatoms. The maximum absolute atomic E-state index is 13.2. The van der Waals surface area contributed by atoms with Crippen LogP contribution in [0.4, 0.5) is 5.69 Å². The van der Waals surface area contributed by atoms with E-state index in [4.69, 9.17) is 4.74 Å². The molecular weight excluding hydrogens is 444 g/mol. The van der Waals surface area contributed by atoms with Crippen LogP contribution in [-0.2, 0) is 19.8 Å². The molecule has 0 spiro atoms. The van der Waals surface area contributed by atoms with Crippen LogP contribution >= 0.6 is 0 Å². The van der Waals surface area contributed by atoms with Crippen molar-refractivity contribution < 1.29 is 22.7 Å². The zero-order valence-corrected chi connectivity index (χ0v) is 20.1. The lowest BCUT2D eigenvalue weighted by molar-refractivity contribution is -0.137. The van der Waals surface area contributed by atoms with Crippen molar-refractivity contribution in [2.75, 3.05) is 57.3 Å². The van der Waals surface area contributed by atoms with Gasteiger partial charge in [-0.3, -0.25) is 9.59 Å². The van der Waals surface area contributed by atoms with Crippen LogP contribution in [0.15, 0.2) is 24.3 Å². The number of hydrogen-bond acceptors (Lipinski definition) is 5. The Hall–Kier alpha value is -2.17. The summed E-state index contributed by atoms with van der Waals surface area (Å²) in [5, 5.41) is 0. The Morgan fingerprint density at radius 3 is 2.27 bits per heavy atom. The van der Waals surface area contributed by atoms with Crippen molar-refractivity contribution >= 4 is 27.7 Å². The summed E-state index contributed by atoms with van der Waals surface area (Å²) in [5.41, 5.74) is 0.688. The first-order chi connectivity index (χ1) is 15.9. The maximum atomic E-state index is 13.2. The van der Waals surface area contributed by atoms with E-state index >= 15 is 0 Å². The van der Waals surface area contributed by atoms with E-state index < -0.39 is 16.1 Å². The third-order valence-corrected chi connectivity index (χ3v) is 8.73. The first kappa shape index (κ1) is 24.0. The van der Waals surface area contributed by atoms with Crippen molar-refractivity contribution in [3.63, 3.8) is 0 Å². The quantitative estimate of drug-likeness (QED) is 0.621. The molecule has 0 N–H and O–H groups in total. The van der Waals surface area contributed by atoms with Crippen molar-refractivity contribution in [2.24, 2.45) is 5.92 Å². The highest BCUT2D eigenvalue weighted by Gasteiger charge is 2.40. The van der Waals surface area contributed by atoms with Gasteiger partial charge in [0.05, 0.1) is 18.2 Å². The van der Waals surface area contributed by atoms with Gasteiger partial charge in [-0.05, 0) is 31.9 Å². The van der Waals surface area contributed by atoms with E-state index in [1.54, 1.807) is 14.1 Å². The summed E-state index contributed by atoms with van der Waals surface area (Å²) >= 11 is 0. The smallest absolute Gasteiger partial charge is 0.282 e. The highest BCUT2D eigenvalue weighted by Crippen LogP contribution is 2.33. The fraction of sp³-hybridized carbons (Fsp3) is 0.652. The molecule has 3 heterocycles. The Labute approximate surface area is 196 Å². The second-order valence-electron chi connectivity index (χ2n) is 8.85. The molecule has 1 unspecified atom stereocenters. The number of ether oxygens (including phenoxy) is 1. The molecule has 4 rings (SSSR count). The van der Waals surface area contributed by atoms with E-state index in [-0.39, 0.29) is 18.2 Å². The van der Waals surface area contributed by atoms with Crippen molar-refractivity contribution in [3.8, 4) is 5.75 Å². The zero-order chi connectivity index (χ0) is 23.4. The van der Waals surface area contributed by atoms with Gasteiger partial charge >= 0.3 is 0 Å². The van der Waals surface area contributed by atoms with E-state index in [0.29, 0.717) is 63.9 Å². The minimum Gasteiger partial charge on any atom is -0.492 e. The van der Waals surface area contributed by atoms with E-state index in [2.05, 4.69) is 0 Å². The molecule has 3 fully saturated rings. The third kappa shape index (κ3) is 5.17. The molecule has 3 aliphatic rings. The summed E-state index contributed by atoms with van der Waals surface area (Å²) < 4.78 is 34.8. The lowest BCUT2D eigenvalue weighted by Crippen LogP contribution is -2.55. The topological polar surface area (TPSA) is 90.5 Å². The summed E-state index contributed by atoms with van der Waals surface area (Å²) in [4.78, 5) is 29.2. The number of amides is 2. The first-order valence-electron chi connectivity index (χ1n) is 12.0. The third-order valence-electron chi connectivity index (χ3n) is 6.70. The predicted molar refractivity (Wildman–Crippen MR) is 125 cm³/mol. The fourth-order valence-electron chi connectivity index (χ4n) is 4.90. The van der Waals surface area contributed by atoms with Crippen LogP contribution in [0.25, 0.3) is 0 Å². The molecular formula is C23H34N4O5S. The van der Waals surface area contributed by atoms with Gasteiger partial charge in [-0.25, -0.2) is 0 Å². The van der Waals surface area contributed by atoms with Gasteiger partial charge in [0.15, 0.2) is 0 Å². The number of nitrogens with zero attached hydrogens (tertiary/aromatic N) is 4. The summed E-state index contributed by atoms with van der Waals surface area (Å²) in [6.07, 6.45) is 4.10. The van der Waals surface area contributed by atoms with Gasteiger partial charge in [0, 0.05) is 52.2 Å². The number of hydrogen-bond donors (Lipinski definition) is 0. The fourth-order valence-corrected chi connectivity index (χ4v) is 6.57. The minimum absolute atomic E-state index is 0.0773. The second kappa shape index (κ2) is 10.4. The Morgan fingerprint density at radius 1 is 0.970 bits per heavy atom. The number of carbonyl (C=O) groups excluding carboxylic acids is 2. The number of carbonyl (C=O) groups is 2. The summed E-state index contributed by atoms with van der Waals surface area (Å²) in [6, 6.07) is 7.37. The lowest BCUT2D eigenvalue weighted by Gasteiger charge is -2.37. The molecule has 9 nitrogen and oxygen atoms in total. The SMILES string of the molecule is CCOc1ccccc1N1CC(C(=O)N2CCN(S(=O)(=O)N3CCCCCC3)CC2)CC1=O. The van der Waals surface area contributed by atoms with Crippen molar-refractivity contribution in [3.05, 3.63) is 24.3 Å². The van der Waals surface area contributed by atoms with Crippen LogP contribution in [0.5, 0.6) is 5.75 Å². The van der Waals surface area contributed by atoms with Gasteiger partial charge in [0.25, 0.3) is 10.2 Å². The number of piperazine rings is 1. The van der Waals surface area contributed by atoms with E-state index in [1.165, 1.54) is 4.31 Å². The molecule has 3 saturated heterocycles. The van der Waals surface area contributed by atoms with Crippen LogP contribution in [0, 0.1) is 5.92 Å². The van der Waals surface area contributed by atoms with E-state index in [1.807, 2.05) is 31.2 Å². The largest absolute Gasteiger partial charge is 0.492 e. The highest BCUT2D eigenvalue weighted by molar-refractivity contribution is 7.86. The lowest BCUT2D eigenvalue weighted by atomic mass is 10.1. The second-order valence-corrected chi connectivity index (χ2v) is 10.8. The Morgan fingerprint density at radius 2 is 1.61 bits per heavy atom. The Bertz CT molecular complexity index is 953. The van der Waals surface area contributed by atoms with Gasteiger partial charge in [0.2, 0.25) is 11.8 Å². The molecule has 1 atom stereocenters. The van der Waals surface area contributed by atoms with Crippen LogP contribution in [0.2, 0.25) is 0 Å². The molecule has 3 aliphatic heterocycles. The predicted octanol–water partition coefficient (Wildman–Crippen LogP) is 1.70. The normalized spacial score (nSPS) is 23.5.